The molecule has 0 radical (unpaired) electrons. The summed E-state index contributed by atoms with van der Waals surface area (Å²) in [6.07, 6.45) is 1.65. The minimum absolute atomic E-state index is 0.0252. The van der Waals surface area contributed by atoms with Crippen molar-refractivity contribution in [3.05, 3.63) is 35.0 Å². The first-order chi connectivity index (χ1) is 11.2. The van der Waals surface area contributed by atoms with E-state index < -0.39 is 0 Å². The molecule has 0 unspecified atom stereocenters. The van der Waals surface area contributed by atoms with Crippen molar-refractivity contribution in [1.82, 2.24) is 4.98 Å². The van der Waals surface area contributed by atoms with Crippen LogP contribution in [0.5, 0.6) is 11.5 Å². The zero-order valence-electron chi connectivity index (χ0n) is 13.5. The standard InChI is InChI=1S/C17H20N2O3S/c1-4-14-17(23-9-18-14)19-16(20)13-8-11(13)12-7-10(21-2)5-6-15(12)22-3/h5-7,9,11,13H,4,8H2,1-3H3,(H,19,20)/t11-,13-/m1/s1. The van der Waals surface area contributed by atoms with E-state index >= 15 is 0 Å². The SMILES string of the molecule is CCc1ncsc1NC(=O)[C@@H]1C[C@@H]1c1cc(OC)ccc1OC. The van der Waals surface area contributed by atoms with E-state index in [0.717, 1.165) is 40.6 Å². The first-order valence-electron chi connectivity index (χ1n) is 7.63. The third-order valence-corrected chi connectivity index (χ3v) is 4.96. The number of rotatable bonds is 6. The second-order valence-corrected chi connectivity index (χ2v) is 6.38. The molecular formula is C17H20N2O3S. The van der Waals surface area contributed by atoms with Gasteiger partial charge in [-0.25, -0.2) is 4.98 Å². The number of anilines is 1. The van der Waals surface area contributed by atoms with Gasteiger partial charge in [-0.05, 0) is 31.0 Å². The second kappa shape index (κ2) is 6.58. The van der Waals surface area contributed by atoms with E-state index in [1.807, 2.05) is 25.1 Å². The Morgan fingerprint density at radius 1 is 1.39 bits per heavy atom. The number of aromatic nitrogens is 1. The molecule has 5 nitrogen and oxygen atoms in total. The molecule has 1 amide bonds. The van der Waals surface area contributed by atoms with E-state index in [1.54, 1.807) is 19.7 Å². The Balaban J connectivity index is 1.73. The van der Waals surface area contributed by atoms with Crippen molar-refractivity contribution in [2.75, 3.05) is 19.5 Å². The molecule has 1 N–H and O–H groups in total. The molecule has 1 heterocycles. The van der Waals surface area contributed by atoms with Gasteiger partial charge in [-0.15, -0.1) is 11.3 Å². The number of carbonyl (C=O) groups is 1. The van der Waals surface area contributed by atoms with Crippen molar-refractivity contribution in [1.29, 1.82) is 0 Å². The van der Waals surface area contributed by atoms with Crippen LogP contribution in [-0.2, 0) is 11.2 Å². The largest absolute Gasteiger partial charge is 0.497 e. The van der Waals surface area contributed by atoms with Crippen LogP contribution >= 0.6 is 11.3 Å². The zero-order valence-corrected chi connectivity index (χ0v) is 14.3. The maximum absolute atomic E-state index is 12.5. The fourth-order valence-corrected chi connectivity index (χ4v) is 3.56. The number of aryl methyl sites for hydroxylation is 1. The van der Waals surface area contributed by atoms with Gasteiger partial charge in [0, 0.05) is 17.4 Å². The molecule has 1 aromatic heterocycles. The van der Waals surface area contributed by atoms with Crippen molar-refractivity contribution >= 4 is 22.2 Å². The number of hydrogen-bond acceptors (Lipinski definition) is 5. The maximum Gasteiger partial charge on any atom is 0.228 e. The lowest BCUT2D eigenvalue weighted by Gasteiger charge is -2.10. The van der Waals surface area contributed by atoms with Gasteiger partial charge in [0.05, 0.1) is 25.4 Å². The summed E-state index contributed by atoms with van der Waals surface area (Å²) >= 11 is 1.47. The summed E-state index contributed by atoms with van der Waals surface area (Å²) in [6.45, 7) is 2.03. The van der Waals surface area contributed by atoms with Gasteiger partial charge < -0.3 is 14.8 Å². The molecule has 3 rings (SSSR count). The number of thiazole rings is 1. The number of carbonyl (C=O) groups excluding carboxylic acids is 1. The first kappa shape index (κ1) is 15.8. The minimum atomic E-state index is -0.0252. The summed E-state index contributed by atoms with van der Waals surface area (Å²) in [5, 5.41) is 3.88. The average Bonchev–Trinajstić information content (AvgIpc) is 3.27. The Morgan fingerprint density at radius 3 is 2.91 bits per heavy atom. The molecule has 0 bridgehead atoms. The maximum atomic E-state index is 12.5. The summed E-state index contributed by atoms with van der Waals surface area (Å²) in [6, 6.07) is 5.71. The van der Waals surface area contributed by atoms with Crippen LogP contribution in [0, 0.1) is 5.92 Å². The molecule has 6 heteroatoms. The van der Waals surface area contributed by atoms with Gasteiger partial charge in [-0.1, -0.05) is 6.92 Å². The number of benzene rings is 1. The molecule has 1 saturated carbocycles. The number of methoxy groups -OCH3 is 2. The molecule has 1 fully saturated rings. The third-order valence-electron chi connectivity index (χ3n) is 4.18. The number of nitrogens with one attached hydrogen (secondary N) is 1. The quantitative estimate of drug-likeness (QED) is 0.880. The third kappa shape index (κ3) is 3.17. The minimum Gasteiger partial charge on any atom is -0.497 e. The van der Waals surface area contributed by atoms with Crippen molar-refractivity contribution in [3.63, 3.8) is 0 Å². The molecule has 1 aromatic carbocycles. The lowest BCUT2D eigenvalue weighted by atomic mass is 10.1. The van der Waals surface area contributed by atoms with Crippen molar-refractivity contribution in [2.45, 2.75) is 25.7 Å². The van der Waals surface area contributed by atoms with E-state index in [-0.39, 0.29) is 17.7 Å². The van der Waals surface area contributed by atoms with Gasteiger partial charge >= 0.3 is 0 Å². The van der Waals surface area contributed by atoms with Gasteiger partial charge in [0.1, 0.15) is 16.5 Å². The highest BCUT2D eigenvalue weighted by atomic mass is 32.1. The number of nitrogens with zero attached hydrogens (tertiary/aromatic N) is 1. The number of ether oxygens (including phenoxy) is 2. The van der Waals surface area contributed by atoms with Crippen LogP contribution in [-0.4, -0.2) is 25.1 Å². The van der Waals surface area contributed by atoms with Gasteiger partial charge in [0.15, 0.2) is 0 Å². The van der Waals surface area contributed by atoms with Gasteiger partial charge in [-0.2, -0.15) is 0 Å². The normalized spacial score (nSPS) is 19.3. The van der Waals surface area contributed by atoms with Crippen molar-refractivity contribution < 1.29 is 14.3 Å². The van der Waals surface area contributed by atoms with E-state index in [2.05, 4.69) is 10.3 Å². The van der Waals surface area contributed by atoms with Gasteiger partial charge in [-0.3, -0.25) is 4.79 Å². The highest BCUT2D eigenvalue weighted by Gasteiger charge is 2.45. The molecular weight excluding hydrogens is 312 g/mol. The Bertz CT molecular complexity index is 714. The monoisotopic (exact) mass is 332 g/mol. The fourth-order valence-electron chi connectivity index (χ4n) is 2.79. The van der Waals surface area contributed by atoms with Crippen LogP contribution in [0.1, 0.15) is 30.5 Å². The van der Waals surface area contributed by atoms with Crippen LogP contribution < -0.4 is 14.8 Å². The van der Waals surface area contributed by atoms with Crippen molar-refractivity contribution in [3.8, 4) is 11.5 Å². The number of hydrogen-bond donors (Lipinski definition) is 1. The molecule has 2 atom stereocenters. The smallest absolute Gasteiger partial charge is 0.228 e. The topological polar surface area (TPSA) is 60.5 Å². The molecule has 2 aromatic rings. The molecule has 1 aliphatic rings. The van der Waals surface area contributed by atoms with Crippen LogP contribution in [0.15, 0.2) is 23.7 Å². The zero-order chi connectivity index (χ0) is 16.4. The van der Waals surface area contributed by atoms with Crippen molar-refractivity contribution in [2.24, 2.45) is 5.92 Å². The van der Waals surface area contributed by atoms with Crippen LogP contribution in [0.2, 0.25) is 0 Å². The fraction of sp³-hybridized carbons (Fsp3) is 0.412. The highest BCUT2D eigenvalue weighted by molar-refractivity contribution is 7.14. The van der Waals surface area contributed by atoms with Crippen LogP contribution in [0.4, 0.5) is 5.00 Å². The summed E-state index contributed by atoms with van der Waals surface area (Å²) in [5.74, 6) is 1.79. The van der Waals surface area contributed by atoms with E-state index in [1.165, 1.54) is 11.3 Å². The Labute approximate surface area is 139 Å². The molecule has 1 aliphatic carbocycles. The van der Waals surface area contributed by atoms with Gasteiger partial charge in [0.25, 0.3) is 0 Å². The first-order valence-corrected chi connectivity index (χ1v) is 8.51. The summed E-state index contributed by atoms with van der Waals surface area (Å²) in [5.41, 5.74) is 3.75. The van der Waals surface area contributed by atoms with Crippen LogP contribution in [0.25, 0.3) is 0 Å². The molecule has 122 valence electrons. The summed E-state index contributed by atoms with van der Waals surface area (Å²) < 4.78 is 10.7. The lowest BCUT2D eigenvalue weighted by molar-refractivity contribution is -0.117. The molecule has 0 aliphatic heterocycles. The predicted molar refractivity (Wildman–Crippen MR) is 90.5 cm³/mol. The summed E-state index contributed by atoms with van der Waals surface area (Å²) in [7, 11) is 3.28. The highest BCUT2D eigenvalue weighted by Crippen LogP contribution is 2.51. The molecule has 23 heavy (non-hydrogen) atoms. The Kier molecular flexibility index (Phi) is 4.52. The van der Waals surface area contributed by atoms with E-state index in [9.17, 15) is 4.79 Å². The Hall–Kier alpha value is -2.08. The number of amides is 1. The predicted octanol–water partition coefficient (Wildman–Crippen LogP) is 3.46. The lowest BCUT2D eigenvalue weighted by Crippen LogP contribution is -2.14. The second-order valence-electron chi connectivity index (χ2n) is 5.53. The van der Waals surface area contributed by atoms with E-state index in [0.29, 0.717) is 0 Å². The Morgan fingerprint density at radius 2 is 2.22 bits per heavy atom. The molecule has 0 saturated heterocycles. The van der Waals surface area contributed by atoms with Gasteiger partial charge in [0.2, 0.25) is 5.91 Å². The summed E-state index contributed by atoms with van der Waals surface area (Å²) in [4.78, 5) is 16.7. The average molecular weight is 332 g/mol. The molecule has 0 spiro atoms. The van der Waals surface area contributed by atoms with Crippen LogP contribution in [0.3, 0.4) is 0 Å². The van der Waals surface area contributed by atoms with E-state index in [4.69, 9.17) is 9.47 Å².